The van der Waals surface area contributed by atoms with Gasteiger partial charge in [-0.3, -0.25) is 9.89 Å². The summed E-state index contributed by atoms with van der Waals surface area (Å²) in [6.45, 7) is 6.03. The summed E-state index contributed by atoms with van der Waals surface area (Å²) >= 11 is 0. The van der Waals surface area contributed by atoms with Crippen LogP contribution in [0.15, 0.2) is 35.6 Å². The number of aromatic nitrogens is 2. The lowest BCUT2D eigenvalue weighted by atomic mass is 10.0. The Morgan fingerprint density at radius 1 is 1.03 bits per heavy atom. The van der Waals surface area contributed by atoms with E-state index in [9.17, 15) is 0 Å². The zero-order chi connectivity index (χ0) is 19.6. The zero-order valence-electron chi connectivity index (χ0n) is 17.2. The van der Waals surface area contributed by atoms with Gasteiger partial charge in [-0.1, -0.05) is 6.07 Å². The van der Waals surface area contributed by atoms with Crippen LogP contribution >= 0.6 is 0 Å². The fourth-order valence-electron chi connectivity index (χ4n) is 4.60. The summed E-state index contributed by atoms with van der Waals surface area (Å²) in [5, 5.41) is 0. The number of fused-ring (bicyclic) bond motifs is 1. The van der Waals surface area contributed by atoms with E-state index >= 15 is 0 Å². The molecule has 6 nitrogen and oxygen atoms in total. The molecule has 150 valence electrons. The molecule has 3 heterocycles. The lowest BCUT2D eigenvalue weighted by Crippen LogP contribution is -2.53. The Labute approximate surface area is 171 Å². The number of anilines is 1. The first-order valence-corrected chi connectivity index (χ1v) is 10.7. The number of benzene rings is 1. The molecule has 1 spiro atoms. The van der Waals surface area contributed by atoms with Crippen LogP contribution in [0.2, 0.25) is 0 Å². The summed E-state index contributed by atoms with van der Waals surface area (Å²) in [6, 6.07) is 8.48. The average molecular weight is 390 g/mol. The van der Waals surface area contributed by atoms with Crippen molar-refractivity contribution in [1.82, 2.24) is 14.9 Å². The van der Waals surface area contributed by atoms with Crippen molar-refractivity contribution in [2.24, 2.45) is 4.99 Å². The predicted molar refractivity (Wildman–Crippen MR) is 113 cm³/mol. The Morgan fingerprint density at radius 2 is 1.90 bits per heavy atom. The van der Waals surface area contributed by atoms with Crippen molar-refractivity contribution in [3.05, 3.63) is 47.4 Å². The number of aliphatic imine (C=N–C) groups is 1. The van der Waals surface area contributed by atoms with E-state index in [-0.39, 0.29) is 5.60 Å². The quantitative estimate of drug-likeness (QED) is 0.805. The lowest BCUT2D eigenvalue weighted by Gasteiger charge is -2.40. The third-order valence-electron chi connectivity index (χ3n) is 7.11. The lowest BCUT2D eigenvalue weighted by molar-refractivity contribution is 0.198. The molecule has 0 radical (unpaired) electrons. The van der Waals surface area contributed by atoms with Crippen LogP contribution in [0.1, 0.15) is 49.4 Å². The van der Waals surface area contributed by atoms with Gasteiger partial charge < -0.3 is 9.64 Å². The van der Waals surface area contributed by atoms with Crippen LogP contribution in [0.5, 0.6) is 5.75 Å². The minimum absolute atomic E-state index is 0.0203. The maximum atomic E-state index is 6.18. The van der Waals surface area contributed by atoms with Crippen molar-refractivity contribution in [3.63, 3.8) is 0 Å². The van der Waals surface area contributed by atoms with E-state index in [1.165, 1.54) is 18.4 Å². The summed E-state index contributed by atoms with van der Waals surface area (Å²) in [4.78, 5) is 18.9. The van der Waals surface area contributed by atoms with Crippen LogP contribution in [0.3, 0.4) is 0 Å². The summed E-state index contributed by atoms with van der Waals surface area (Å²) in [5.74, 6) is 1.95. The molecular weight excluding hydrogens is 362 g/mol. The van der Waals surface area contributed by atoms with Gasteiger partial charge in [-0.2, -0.15) is 0 Å². The molecule has 4 aliphatic rings. The highest BCUT2D eigenvalue weighted by Gasteiger charge is 2.49. The van der Waals surface area contributed by atoms with Crippen molar-refractivity contribution >= 4 is 11.5 Å². The normalized spacial score (nSPS) is 23.7. The number of ether oxygens (including phenoxy) is 1. The molecule has 1 aromatic heterocycles. The summed E-state index contributed by atoms with van der Waals surface area (Å²) in [6.07, 6.45) is 6.54. The van der Waals surface area contributed by atoms with Gasteiger partial charge >= 0.3 is 0 Å². The molecule has 2 aliphatic heterocycles. The molecule has 1 saturated heterocycles. The SMILES string of the molecule is CN1CCN(c2cc(C3=NCc4ccc(OC5(C)CC5)cc43)ncn2)CC12CC2. The topological polar surface area (TPSA) is 53.9 Å². The van der Waals surface area contributed by atoms with Crippen molar-refractivity contribution in [2.45, 2.75) is 50.3 Å². The molecule has 6 heteroatoms. The second kappa shape index (κ2) is 6.02. The highest BCUT2D eigenvalue weighted by atomic mass is 16.5. The van der Waals surface area contributed by atoms with Gasteiger partial charge in [-0.25, -0.2) is 9.97 Å². The number of rotatable bonds is 4. The van der Waals surface area contributed by atoms with Gasteiger partial charge in [0.2, 0.25) is 0 Å². The maximum Gasteiger partial charge on any atom is 0.132 e. The molecule has 2 aromatic rings. The van der Waals surface area contributed by atoms with E-state index < -0.39 is 0 Å². The second-order valence-corrected chi connectivity index (χ2v) is 9.36. The van der Waals surface area contributed by atoms with Gasteiger partial charge in [-0.15, -0.1) is 0 Å². The molecule has 0 unspecified atom stereocenters. The minimum atomic E-state index is 0.0203. The van der Waals surface area contributed by atoms with Gasteiger partial charge in [0, 0.05) is 36.8 Å². The Morgan fingerprint density at radius 3 is 2.69 bits per heavy atom. The fourth-order valence-corrected chi connectivity index (χ4v) is 4.60. The number of hydrogen-bond acceptors (Lipinski definition) is 6. The molecule has 0 atom stereocenters. The summed E-state index contributed by atoms with van der Waals surface area (Å²) in [7, 11) is 2.25. The van der Waals surface area contributed by atoms with Gasteiger partial charge in [0.25, 0.3) is 0 Å². The van der Waals surface area contributed by atoms with E-state index in [4.69, 9.17) is 9.73 Å². The van der Waals surface area contributed by atoms with Gasteiger partial charge in [-0.05, 0) is 57.4 Å². The molecule has 3 fully saturated rings. The molecular formula is C23H27N5O. The van der Waals surface area contributed by atoms with Crippen molar-refractivity contribution in [1.29, 1.82) is 0 Å². The highest BCUT2D eigenvalue weighted by molar-refractivity contribution is 6.14. The van der Waals surface area contributed by atoms with E-state index in [2.05, 4.69) is 58.0 Å². The molecule has 0 N–H and O–H groups in total. The first-order chi connectivity index (χ1) is 14.0. The van der Waals surface area contributed by atoms with E-state index in [0.717, 1.165) is 61.0 Å². The minimum Gasteiger partial charge on any atom is -0.488 e. The number of piperazine rings is 1. The third-order valence-corrected chi connectivity index (χ3v) is 7.11. The average Bonchev–Trinajstić information content (AvgIpc) is 3.62. The van der Waals surface area contributed by atoms with E-state index in [1.54, 1.807) is 6.33 Å². The van der Waals surface area contributed by atoms with Gasteiger partial charge in [0.05, 0.1) is 18.0 Å². The molecule has 29 heavy (non-hydrogen) atoms. The zero-order valence-corrected chi connectivity index (χ0v) is 17.2. The molecule has 6 rings (SSSR count). The van der Waals surface area contributed by atoms with Crippen molar-refractivity contribution < 1.29 is 4.74 Å². The molecule has 2 aliphatic carbocycles. The molecule has 0 bridgehead atoms. The Bertz CT molecular complexity index is 1010. The number of hydrogen-bond donors (Lipinski definition) is 0. The fraction of sp³-hybridized carbons (Fsp3) is 0.522. The Balaban J connectivity index is 1.28. The highest BCUT2D eigenvalue weighted by Crippen LogP contribution is 2.44. The van der Waals surface area contributed by atoms with E-state index in [0.29, 0.717) is 12.1 Å². The van der Waals surface area contributed by atoms with Crippen LogP contribution in [-0.2, 0) is 6.54 Å². The molecule has 0 amide bonds. The van der Waals surface area contributed by atoms with Crippen molar-refractivity contribution in [3.8, 4) is 5.75 Å². The summed E-state index contributed by atoms with van der Waals surface area (Å²) in [5.41, 5.74) is 4.65. The van der Waals surface area contributed by atoms with Crippen LogP contribution in [-0.4, -0.2) is 58.4 Å². The molecule has 1 aromatic carbocycles. The van der Waals surface area contributed by atoms with Crippen LogP contribution < -0.4 is 9.64 Å². The standard InChI is InChI=1S/C23H27N5O/c1-22(5-6-22)29-17-4-3-16-13-24-21(18(16)11-17)19-12-20(26-15-25-19)28-10-9-27(2)23(14-28)7-8-23/h3-4,11-12,15H,5-10,13-14H2,1-2H3. The Kier molecular flexibility index (Phi) is 3.61. The van der Waals surface area contributed by atoms with Gasteiger partial charge in [0.15, 0.2) is 0 Å². The van der Waals surface area contributed by atoms with Crippen LogP contribution in [0.25, 0.3) is 0 Å². The van der Waals surface area contributed by atoms with E-state index in [1.807, 2.05) is 0 Å². The first-order valence-electron chi connectivity index (χ1n) is 10.7. The summed E-state index contributed by atoms with van der Waals surface area (Å²) < 4.78 is 6.18. The second-order valence-electron chi connectivity index (χ2n) is 9.36. The maximum absolute atomic E-state index is 6.18. The number of nitrogens with zero attached hydrogens (tertiary/aromatic N) is 5. The predicted octanol–water partition coefficient (Wildman–Crippen LogP) is 3.04. The largest absolute Gasteiger partial charge is 0.488 e. The molecule has 2 saturated carbocycles. The smallest absolute Gasteiger partial charge is 0.132 e. The first kappa shape index (κ1) is 17.4. The van der Waals surface area contributed by atoms with Crippen LogP contribution in [0.4, 0.5) is 5.82 Å². The van der Waals surface area contributed by atoms with Gasteiger partial charge in [0.1, 0.15) is 23.5 Å². The third kappa shape index (κ3) is 3.01. The Hall–Kier alpha value is -2.47. The number of likely N-dealkylation sites (N-methyl/N-ethyl adjacent to an activating group) is 1. The van der Waals surface area contributed by atoms with Crippen LogP contribution in [0, 0.1) is 0 Å². The van der Waals surface area contributed by atoms with Crippen molar-refractivity contribution in [2.75, 3.05) is 31.6 Å². The monoisotopic (exact) mass is 389 g/mol.